The SMILES string of the molecule is CCNC(=NCC1CCCN(C)C1c1cccs1)NCC1CN(C)CCN1C. The fourth-order valence-electron chi connectivity index (χ4n) is 4.45. The van der Waals surface area contributed by atoms with Crippen LogP contribution in [0.4, 0.5) is 0 Å². The number of thiophene rings is 1. The third-order valence-corrected chi connectivity index (χ3v) is 7.10. The molecule has 2 aliphatic rings. The average Bonchev–Trinajstić information content (AvgIpc) is 3.20. The van der Waals surface area contributed by atoms with Crippen molar-refractivity contribution in [3.05, 3.63) is 22.4 Å². The number of likely N-dealkylation sites (N-methyl/N-ethyl adjacent to an activating group) is 2. The fourth-order valence-corrected chi connectivity index (χ4v) is 5.43. The maximum atomic E-state index is 5.00. The molecule has 7 heteroatoms. The lowest BCUT2D eigenvalue weighted by Gasteiger charge is -2.38. The van der Waals surface area contributed by atoms with Crippen molar-refractivity contribution in [1.82, 2.24) is 25.3 Å². The van der Waals surface area contributed by atoms with Crippen LogP contribution < -0.4 is 10.6 Å². The van der Waals surface area contributed by atoms with Crippen LogP contribution in [-0.4, -0.2) is 93.7 Å². The van der Waals surface area contributed by atoms with Gasteiger partial charge in [0.25, 0.3) is 0 Å². The van der Waals surface area contributed by atoms with Gasteiger partial charge in [0.2, 0.25) is 0 Å². The third kappa shape index (κ3) is 5.69. The van der Waals surface area contributed by atoms with Crippen molar-refractivity contribution in [2.75, 3.05) is 67.0 Å². The molecule has 3 rings (SSSR count). The topological polar surface area (TPSA) is 46.1 Å². The molecule has 3 atom stereocenters. The molecule has 2 N–H and O–H groups in total. The Morgan fingerprint density at radius 1 is 1.18 bits per heavy atom. The number of likely N-dealkylation sites (tertiary alicyclic amines) is 1. The normalized spacial score (nSPS) is 28.4. The zero-order chi connectivity index (χ0) is 19.9. The summed E-state index contributed by atoms with van der Waals surface area (Å²) in [6.45, 7) is 9.42. The first-order valence-electron chi connectivity index (χ1n) is 10.7. The first-order chi connectivity index (χ1) is 13.6. The van der Waals surface area contributed by atoms with Crippen LogP contribution in [0.25, 0.3) is 0 Å². The molecule has 0 aliphatic carbocycles. The van der Waals surface area contributed by atoms with Crippen molar-refractivity contribution in [2.24, 2.45) is 10.9 Å². The Bertz CT molecular complexity index is 604. The number of piperidine rings is 1. The summed E-state index contributed by atoms with van der Waals surface area (Å²) in [6.07, 6.45) is 2.52. The second-order valence-electron chi connectivity index (χ2n) is 8.34. The van der Waals surface area contributed by atoms with E-state index in [9.17, 15) is 0 Å². The Balaban J connectivity index is 1.61. The summed E-state index contributed by atoms with van der Waals surface area (Å²) in [7, 11) is 6.70. The molecule has 3 unspecified atom stereocenters. The number of rotatable bonds is 6. The summed E-state index contributed by atoms with van der Waals surface area (Å²) in [4.78, 5) is 13.9. The molecule has 1 aromatic heterocycles. The fraction of sp³-hybridized carbons (Fsp3) is 0.762. The molecule has 6 nitrogen and oxygen atoms in total. The van der Waals surface area contributed by atoms with Gasteiger partial charge in [-0.2, -0.15) is 0 Å². The Morgan fingerprint density at radius 3 is 2.79 bits per heavy atom. The van der Waals surface area contributed by atoms with E-state index in [1.165, 1.54) is 24.3 Å². The molecule has 158 valence electrons. The maximum Gasteiger partial charge on any atom is 0.191 e. The minimum absolute atomic E-state index is 0.499. The van der Waals surface area contributed by atoms with Gasteiger partial charge in [-0.1, -0.05) is 6.07 Å². The van der Waals surface area contributed by atoms with E-state index in [1.54, 1.807) is 0 Å². The van der Waals surface area contributed by atoms with E-state index in [0.717, 1.165) is 45.2 Å². The lowest BCUT2D eigenvalue weighted by atomic mass is 9.88. The van der Waals surface area contributed by atoms with Crippen molar-refractivity contribution in [3.63, 3.8) is 0 Å². The van der Waals surface area contributed by atoms with Crippen LogP contribution in [-0.2, 0) is 0 Å². The number of nitrogens with zero attached hydrogens (tertiary/aromatic N) is 4. The second kappa shape index (κ2) is 10.6. The van der Waals surface area contributed by atoms with Crippen molar-refractivity contribution in [1.29, 1.82) is 0 Å². The first kappa shape index (κ1) is 21.6. The molecule has 0 bridgehead atoms. The minimum Gasteiger partial charge on any atom is -0.357 e. The van der Waals surface area contributed by atoms with Gasteiger partial charge in [0, 0.05) is 56.2 Å². The Kier molecular flexibility index (Phi) is 8.14. The van der Waals surface area contributed by atoms with E-state index in [1.807, 2.05) is 11.3 Å². The minimum atomic E-state index is 0.499. The number of hydrogen-bond donors (Lipinski definition) is 2. The number of guanidine groups is 1. The molecule has 0 spiro atoms. The quantitative estimate of drug-likeness (QED) is 0.558. The van der Waals surface area contributed by atoms with Crippen LogP contribution in [0, 0.1) is 5.92 Å². The molecule has 3 heterocycles. The molecule has 2 aliphatic heterocycles. The van der Waals surface area contributed by atoms with Crippen molar-refractivity contribution >= 4 is 17.3 Å². The molecule has 2 saturated heterocycles. The number of hydrogen-bond acceptors (Lipinski definition) is 5. The Labute approximate surface area is 175 Å². The average molecular weight is 407 g/mol. The van der Waals surface area contributed by atoms with E-state index < -0.39 is 0 Å². The van der Waals surface area contributed by atoms with Gasteiger partial charge < -0.3 is 15.5 Å². The molecule has 2 fully saturated rings. The maximum absolute atomic E-state index is 5.00. The van der Waals surface area contributed by atoms with Gasteiger partial charge in [-0.05, 0) is 64.8 Å². The highest BCUT2D eigenvalue weighted by Crippen LogP contribution is 2.37. The van der Waals surface area contributed by atoms with Gasteiger partial charge in [0.1, 0.15) is 0 Å². The van der Waals surface area contributed by atoms with Crippen LogP contribution in [0.5, 0.6) is 0 Å². The van der Waals surface area contributed by atoms with Gasteiger partial charge in [0.15, 0.2) is 5.96 Å². The first-order valence-corrected chi connectivity index (χ1v) is 11.6. The van der Waals surface area contributed by atoms with Gasteiger partial charge in [-0.3, -0.25) is 14.8 Å². The number of piperazine rings is 1. The van der Waals surface area contributed by atoms with E-state index in [0.29, 0.717) is 18.0 Å². The smallest absolute Gasteiger partial charge is 0.191 e. The molecule has 0 amide bonds. The van der Waals surface area contributed by atoms with Crippen molar-refractivity contribution in [2.45, 2.75) is 31.8 Å². The zero-order valence-corrected chi connectivity index (χ0v) is 18.8. The molecule has 0 saturated carbocycles. The molecule has 0 radical (unpaired) electrons. The van der Waals surface area contributed by atoms with Crippen LogP contribution in [0.1, 0.15) is 30.7 Å². The van der Waals surface area contributed by atoms with Crippen LogP contribution in [0.3, 0.4) is 0 Å². The number of nitrogens with one attached hydrogen (secondary N) is 2. The molecular weight excluding hydrogens is 368 g/mol. The van der Waals surface area contributed by atoms with E-state index in [2.05, 4.69) is 70.9 Å². The van der Waals surface area contributed by atoms with Crippen molar-refractivity contribution < 1.29 is 0 Å². The lowest BCUT2D eigenvalue weighted by Crippen LogP contribution is -2.55. The Hall–Kier alpha value is -1.15. The summed E-state index contributed by atoms with van der Waals surface area (Å²) in [5, 5.41) is 9.24. The van der Waals surface area contributed by atoms with Crippen LogP contribution in [0.2, 0.25) is 0 Å². The molecule has 0 aromatic carbocycles. The van der Waals surface area contributed by atoms with Gasteiger partial charge in [0.05, 0.1) is 0 Å². The predicted octanol–water partition coefficient (Wildman–Crippen LogP) is 1.93. The van der Waals surface area contributed by atoms with Gasteiger partial charge in [-0.25, -0.2) is 0 Å². The Morgan fingerprint density at radius 2 is 2.04 bits per heavy atom. The van der Waals surface area contributed by atoms with Crippen LogP contribution >= 0.6 is 11.3 Å². The highest BCUT2D eigenvalue weighted by atomic mass is 32.1. The van der Waals surface area contributed by atoms with Gasteiger partial charge in [-0.15, -0.1) is 11.3 Å². The van der Waals surface area contributed by atoms with E-state index >= 15 is 0 Å². The monoisotopic (exact) mass is 406 g/mol. The third-order valence-electron chi connectivity index (χ3n) is 6.16. The molecule has 28 heavy (non-hydrogen) atoms. The largest absolute Gasteiger partial charge is 0.357 e. The lowest BCUT2D eigenvalue weighted by molar-refractivity contribution is 0.116. The summed E-state index contributed by atoms with van der Waals surface area (Å²) < 4.78 is 0. The van der Waals surface area contributed by atoms with Crippen molar-refractivity contribution in [3.8, 4) is 0 Å². The highest BCUT2D eigenvalue weighted by Gasteiger charge is 2.31. The molecule has 1 aromatic rings. The van der Waals surface area contributed by atoms with E-state index in [-0.39, 0.29) is 0 Å². The van der Waals surface area contributed by atoms with Gasteiger partial charge >= 0.3 is 0 Å². The predicted molar refractivity (Wildman–Crippen MR) is 120 cm³/mol. The highest BCUT2D eigenvalue weighted by molar-refractivity contribution is 7.10. The summed E-state index contributed by atoms with van der Waals surface area (Å²) in [6, 6.07) is 5.49. The summed E-state index contributed by atoms with van der Waals surface area (Å²) in [5.74, 6) is 1.54. The van der Waals surface area contributed by atoms with E-state index in [4.69, 9.17) is 4.99 Å². The summed E-state index contributed by atoms with van der Waals surface area (Å²) in [5.41, 5.74) is 0. The second-order valence-corrected chi connectivity index (χ2v) is 9.32. The zero-order valence-electron chi connectivity index (χ0n) is 18.0. The molecular formula is C21H38N6S. The summed E-state index contributed by atoms with van der Waals surface area (Å²) >= 11 is 1.88. The standard InChI is InChI=1S/C21H38N6S/c1-5-22-21(24-15-18-16-25(2)11-12-26(18)3)23-14-17-8-6-10-27(4)20(17)19-9-7-13-28-19/h7,9,13,17-18,20H,5-6,8,10-12,14-16H2,1-4H3,(H2,22,23,24). The number of aliphatic imine (C=N–C) groups is 1. The van der Waals surface area contributed by atoms with Crippen LogP contribution in [0.15, 0.2) is 22.5 Å².